The molecule has 138 valence electrons. The SMILES string of the molecule is O=C(Nc1ccc(Cl)c(Cl)c1)C1CCCCN1S(=O)(=O)c1cccnc1. The van der Waals surface area contributed by atoms with Crippen molar-refractivity contribution < 1.29 is 13.2 Å². The van der Waals surface area contributed by atoms with Crippen molar-refractivity contribution in [2.75, 3.05) is 11.9 Å². The maximum Gasteiger partial charge on any atom is 0.245 e. The van der Waals surface area contributed by atoms with Crippen LogP contribution in [0.5, 0.6) is 0 Å². The monoisotopic (exact) mass is 413 g/mol. The lowest BCUT2D eigenvalue weighted by molar-refractivity contribution is -0.120. The van der Waals surface area contributed by atoms with Gasteiger partial charge in [0.15, 0.2) is 0 Å². The van der Waals surface area contributed by atoms with Gasteiger partial charge in [-0.25, -0.2) is 8.42 Å². The largest absolute Gasteiger partial charge is 0.325 e. The highest BCUT2D eigenvalue weighted by molar-refractivity contribution is 7.89. The van der Waals surface area contributed by atoms with E-state index in [0.717, 1.165) is 6.42 Å². The average molecular weight is 414 g/mol. The second-order valence-electron chi connectivity index (χ2n) is 5.93. The molecule has 2 heterocycles. The molecule has 1 aromatic heterocycles. The number of amides is 1. The minimum Gasteiger partial charge on any atom is -0.325 e. The minimum atomic E-state index is -3.80. The summed E-state index contributed by atoms with van der Waals surface area (Å²) >= 11 is 11.8. The molecule has 0 radical (unpaired) electrons. The summed E-state index contributed by atoms with van der Waals surface area (Å²) in [5, 5.41) is 3.42. The van der Waals surface area contributed by atoms with Crippen LogP contribution >= 0.6 is 23.2 Å². The zero-order valence-corrected chi connectivity index (χ0v) is 16.1. The molecule has 0 saturated carbocycles. The maximum atomic E-state index is 12.9. The second kappa shape index (κ2) is 7.92. The Labute approximate surface area is 162 Å². The van der Waals surface area contributed by atoms with Crippen LogP contribution in [0.2, 0.25) is 10.0 Å². The molecular weight excluding hydrogens is 397 g/mol. The molecule has 1 amide bonds. The van der Waals surface area contributed by atoms with Crippen LogP contribution in [-0.4, -0.2) is 36.2 Å². The molecule has 1 fully saturated rings. The van der Waals surface area contributed by atoms with E-state index in [-0.39, 0.29) is 11.4 Å². The number of benzene rings is 1. The Morgan fingerprint density at radius 1 is 1.19 bits per heavy atom. The lowest BCUT2D eigenvalue weighted by atomic mass is 10.0. The quantitative estimate of drug-likeness (QED) is 0.830. The number of nitrogens with one attached hydrogen (secondary N) is 1. The Morgan fingerprint density at radius 3 is 2.69 bits per heavy atom. The van der Waals surface area contributed by atoms with Crippen molar-refractivity contribution in [3.63, 3.8) is 0 Å². The Kier molecular flexibility index (Phi) is 5.82. The van der Waals surface area contributed by atoms with E-state index in [1.165, 1.54) is 28.8 Å². The van der Waals surface area contributed by atoms with Gasteiger partial charge in [0.1, 0.15) is 10.9 Å². The van der Waals surface area contributed by atoms with Gasteiger partial charge in [0.05, 0.1) is 10.0 Å². The van der Waals surface area contributed by atoms with Gasteiger partial charge < -0.3 is 5.32 Å². The molecule has 9 heteroatoms. The van der Waals surface area contributed by atoms with Gasteiger partial charge in [0.2, 0.25) is 15.9 Å². The van der Waals surface area contributed by atoms with Crippen molar-refractivity contribution in [3.05, 3.63) is 52.8 Å². The highest BCUT2D eigenvalue weighted by atomic mass is 35.5. The number of pyridine rings is 1. The fraction of sp³-hybridized carbons (Fsp3) is 0.294. The average Bonchev–Trinajstić information content (AvgIpc) is 2.65. The van der Waals surface area contributed by atoms with Gasteiger partial charge in [0.25, 0.3) is 0 Å². The number of hydrogen-bond acceptors (Lipinski definition) is 4. The molecule has 0 bridgehead atoms. The number of carbonyl (C=O) groups excluding carboxylic acids is 1. The summed E-state index contributed by atoms with van der Waals surface area (Å²) in [6.45, 7) is 0.288. The van der Waals surface area contributed by atoms with Crippen molar-refractivity contribution >= 4 is 44.8 Å². The van der Waals surface area contributed by atoms with Crippen molar-refractivity contribution in [2.24, 2.45) is 0 Å². The third kappa shape index (κ3) is 4.01. The summed E-state index contributed by atoms with van der Waals surface area (Å²) < 4.78 is 27.1. The summed E-state index contributed by atoms with van der Waals surface area (Å²) in [6, 6.07) is 6.97. The third-order valence-corrected chi connectivity index (χ3v) is 6.82. The molecule has 1 aromatic carbocycles. The van der Waals surface area contributed by atoms with Crippen molar-refractivity contribution in [1.82, 2.24) is 9.29 Å². The highest BCUT2D eigenvalue weighted by Gasteiger charge is 2.37. The van der Waals surface area contributed by atoms with Crippen LogP contribution in [0.4, 0.5) is 5.69 Å². The fourth-order valence-electron chi connectivity index (χ4n) is 2.89. The first-order chi connectivity index (χ1) is 12.4. The molecular formula is C17H17Cl2N3O3S. The summed E-state index contributed by atoms with van der Waals surface area (Å²) in [6.07, 6.45) is 4.72. The zero-order valence-electron chi connectivity index (χ0n) is 13.7. The molecule has 1 unspecified atom stereocenters. The van der Waals surface area contributed by atoms with Crippen molar-refractivity contribution in [2.45, 2.75) is 30.2 Å². The summed E-state index contributed by atoms with van der Waals surface area (Å²) in [4.78, 5) is 16.7. The van der Waals surface area contributed by atoms with Crippen molar-refractivity contribution in [3.8, 4) is 0 Å². The normalized spacial score (nSPS) is 18.5. The first-order valence-electron chi connectivity index (χ1n) is 8.07. The third-order valence-electron chi connectivity index (χ3n) is 4.18. The molecule has 1 aliphatic rings. The number of carbonyl (C=O) groups is 1. The summed E-state index contributed by atoms with van der Waals surface area (Å²) in [5.41, 5.74) is 0.466. The highest BCUT2D eigenvalue weighted by Crippen LogP contribution is 2.28. The Hall–Kier alpha value is -1.67. The predicted octanol–water partition coefficient (Wildman–Crippen LogP) is 3.57. The van der Waals surface area contributed by atoms with Crippen LogP contribution in [0.15, 0.2) is 47.6 Å². The number of rotatable bonds is 4. The number of piperidine rings is 1. The molecule has 6 nitrogen and oxygen atoms in total. The Bertz CT molecular complexity index is 907. The van der Waals surface area contributed by atoms with Gasteiger partial charge in [-0.15, -0.1) is 0 Å². The lowest BCUT2D eigenvalue weighted by Crippen LogP contribution is -2.49. The van der Waals surface area contributed by atoms with Crippen LogP contribution in [0.3, 0.4) is 0 Å². The number of halogens is 2. The van der Waals surface area contributed by atoms with Gasteiger partial charge in [-0.1, -0.05) is 29.6 Å². The van der Waals surface area contributed by atoms with E-state index >= 15 is 0 Å². The lowest BCUT2D eigenvalue weighted by Gasteiger charge is -2.33. The van der Waals surface area contributed by atoms with Crippen LogP contribution in [0, 0.1) is 0 Å². The van der Waals surface area contributed by atoms with Crippen LogP contribution < -0.4 is 5.32 Å². The number of sulfonamides is 1. The smallest absolute Gasteiger partial charge is 0.245 e. The standard InChI is InChI=1S/C17H17Cl2N3O3S/c18-14-7-6-12(10-15(14)19)21-17(23)16-5-1-2-9-22(16)26(24,25)13-4-3-8-20-11-13/h3-4,6-8,10-11,16H,1-2,5,9H2,(H,21,23). The molecule has 26 heavy (non-hydrogen) atoms. The first kappa shape index (κ1) is 19.1. The molecule has 0 aliphatic carbocycles. The zero-order chi connectivity index (χ0) is 18.7. The predicted molar refractivity (Wildman–Crippen MR) is 101 cm³/mol. The fourth-order valence-corrected chi connectivity index (χ4v) is 4.81. The minimum absolute atomic E-state index is 0.0780. The second-order valence-corrected chi connectivity index (χ2v) is 8.64. The molecule has 1 saturated heterocycles. The van der Waals surface area contributed by atoms with Gasteiger partial charge in [-0.2, -0.15) is 4.31 Å². The van der Waals surface area contributed by atoms with E-state index < -0.39 is 22.0 Å². The topological polar surface area (TPSA) is 79.4 Å². The van der Waals surface area contributed by atoms with Crippen molar-refractivity contribution in [1.29, 1.82) is 0 Å². The number of anilines is 1. The Morgan fingerprint density at radius 2 is 2.00 bits per heavy atom. The van der Waals surface area contributed by atoms with Crippen LogP contribution in [-0.2, 0) is 14.8 Å². The molecule has 1 atom stereocenters. The molecule has 2 aromatic rings. The molecule has 1 N–H and O–H groups in total. The first-order valence-corrected chi connectivity index (χ1v) is 10.3. The number of aromatic nitrogens is 1. The Balaban J connectivity index is 1.84. The van der Waals surface area contributed by atoms with Gasteiger partial charge in [-0.05, 0) is 43.2 Å². The van der Waals surface area contributed by atoms with Gasteiger partial charge in [-0.3, -0.25) is 9.78 Å². The van der Waals surface area contributed by atoms with Crippen LogP contribution in [0.1, 0.15) is 19.3 Å². The molecule has 0 spiro atoms. The van der Waals surface area contributed by atoms with E-state index in [0.29, 0.717) is 28.6 Å². The summed E-state index contributed by atoms with van der Waals surface area (Å²) in [5.74, 6) is -0.393. The van der Waals surface area contributed by atoms with Gasteiger partial charge >= 0.3 is 0 Å². The van der Waals surface area contributed by atoms with E-state index in [2.05, 4.69) is 10.3 Å². The van der Waals surface area contributed by atoms with E-state index in [1.807, 2.05) is 0 Å². The van der Waals surface area contributed by atoms with Gasteiger partial charge in [0, 0.05) is 24.6 Å². The summed E-state index contributed by atoms with van der Waals surface area (Å²) in [7, 11) is -3.80. The van der Waals surface area contributed by atoms with E-state index in [1.54, 1.807) is 18.2 Å². The van der Waals surface area contributed by atoms with E-state index in [4.69, 9.17) is 23.2 Å². The number of nitrogens with zero attached hydrogens (tertiary/aromatic N) is 2. The van der Waals surface area contributed by atoms with E-state index in [9.17, 15) is 13.2 Å². The maximum absolute atomic E-state index is 12.9. The molecule has 3 rings (SSSR count). The van der Waals surface area contributed by atoms with Crippen LogP contribution in [0.25, 0.3) is 0 Å². The number of hydrogen-bond donors (Lipinski definition) is 1. The molecule has 1 aliphatic heterocycles.